The highest BCUT2D eigenvalue weighted by molar-refractivity contribution is 5.63. The van der Waals surface area contributed by atoms with E-state index in [0.717, 1.165) is 30.8 Å². The number of fused-ring (bicyclic) bond motifs is 3. The van der Waals surface area contributed by atoms with Crippen molar-refractivity contribution in [2.24, 2.45) is 5.92 Å². The maximum atomic E-state index is 13.9. The van der Waals surface area contributed by atoms with Crippen LogP contribution in [0.3, 0.4) is 0 Å². The molecule has 0 bridgehead atoms. The molecule has 2 fully saturated rings. The number of ether oxygens (including phenoxy) is 1. The molecule has 0 radical (unpaired) electrons. The summed E-state index contributed by atoms with van der Waals surface area (Å²) in [6.07, 6.45) is 4.61. The Morgan fingerprint density at radius 1 is 1.10 bits per heavy atom. The Labute approximate surface area is 226 Å². The smallest absolute Gasteiger partial charge is 0.238 e. The standard InChI is InChI=1S/C29H32FN7O2/c1-15-21(30)9-10-22(32-15)24-14-31-27(33-24)23-13-20-19-7-5-6-8-25(19)37(3)26(20)29(34-23,17-11-18(12-17)38-4)28-36-35-16(2)39-28/h5-10,14,17-18,20,23,26,34H,11-13H2,1-4H3,(H,31,33). The lowest BCUT2D eigenvalue weighted by atomic mass is 9.60. The number of H-pyrrole nitrogens is 1. The Balaban J connectivity index is 1.35. The molecule has 4 atom stereocenters. The van der Waals surface area contributed by atoms with E-state index >= 15 is 0 Å². The predicted octanol–water partition coefficient (Wildman–Crippen LogP) is 4.57. The topological polar surface area (TPSA) is 105 Å². The zero-order valence-electron chi connectivity index (χ0n) is 22.5. The Morgan fingerprint density at radius 3 is 2.67 bits per heavy atom. The minimum atomic E-state index is -0.616. The first-order chi connectivity index (χ1) is 18.9. The summed E-state index contributed by atoms with van der Waals surface area (Å²) in [5.41, 5.74) is 3.70. The molecule has 9 nitrogen and oxygen atoms in total. The first kappa shape index (κ1) is 24.4. The number of hydrogen-bond donors (Lipinski definition) is 2. The molecule has 2 N–H and O–H groups in total. The van der Waals surface area contributed by atoms with E-state index in [1.165, 1.54) is 17.3 Å². The van der Waals surface area contributed by atoms with Crippen molar-refractivity contribution in [2.45, 2.75) is 62.8 Å². The van der Waals surface area contributed by atoms with Gasteiger partial charge in [0.25, 0.3) is 0 Å². The van der Waals surface area contributed by atoms with E-state index in [1.54, 1.807) is 26.3 Å². The fraction of sp³-hybridized carbons (Fsp3) is 0.448. The monoisotopic (exact) mass is 529 g/mol. The number of benzene rings is 1. The first-order valence-corrected chi connectivity index (χ1v) is 13.5. The van der Waals surface area contributed by atoms with Gasteiger partial charge in [-0.15, -0.1) is 10.2 Å². The van der Waals surface area contributed by atoms with Crippen molar-refractivity contribution in [1.82, 2.24) is 30.5 Å². The average molecular weight is 530 g/mol. The van der Waals surface area contributed by atoms with Gasteiger partial charge in [-0.25, -0.2) is 14.4 Å². The van der Waals surface area contributed by atoms with Crippen LogP contribution in [0.15, 0.2) is 47.0 Å². The molecule has 1 aliphatic carbocycles. The van der Waals surface area contributed by atoms with Gasteiger partial charge in [0, 0.05) is 32.7 Å². The molecule has 2 aliphatic heterocycles. The van der Waals surface area contributed by atoms with E-state index in [0.29, 0.717) is 23.2 Å². The predicted molar refractivity (Wildman–Crippen MR) is 143 cm³/mol. The van der Waals surface area contributed by atoms with Crippen LogP contribution in [0.1, 0.15) is 60.1 Å². The summed E-state index contributed by atoms with van der Waals surface area (Å²) in [5, 5.41) is 12.9. The summed E-state index contributed by atoms with van der Waals surface area (Å²) in [5.74, 6) is 2.08. The Kier molecular flexibility index (Phi) is 5.61. The summed E-state index contributed by atoms with van der Waals surface area (Å²) in [4.78, 5) is 15.1. The van der Waals surface area contributed by atoms with E-state index in [9.17, 15) is 4.39 Å². The maximum Gasteiger partial charge on any atom is 0.238 e. The minimum absolute atomic E-state index is 0.0738. The number of anilines is 1. The summed E-state index contributed by atoms with van der Waals surface area (Å²) >= 11 is 0. The number of aryl methyl sites for hydroxylation is 2. The van der Waals surface area contributed by atoms with Crippen LogP contribution in [0.2, 0.25) is 0 Å². The van der Waals surface area contributed by atoms with Crippen LogP contribution in [0.5, 0.6) is 0 Å². The van der Waals surface area contributed by atoms with Crippen molar-refractivity contribution in [1.29, 1.82) is 0 Å². The number of imidazole rings is 1. The number of hydrogen-bond acceptors (Lipinski definition) is 8. The van der Waals surface area contributed by atoms with Gasteiger partial charge >= 0.3 is 0 Å². The maximum absolute atomic E-state index is 13.9. The lowest BCUT2D eigenvalue weighted by molar-refractivity contribution is -0.0683. The lowest BCUT2D eigenvalue weighted by Crippen LogP contribution is -2.68. The zero-order valence-corrected chi connectivity index (χ0v) is 22.5. The quantitative estimate of drug-likeness (QED) is 0.388. The number of methoxy groups -OCH3 is 1. The van der Waals surface area contributed by atoms with Gasteiger partial charge in [0.1, 0.15) is 17.2 Å². The van der Waals surface area contributed by atoms with Crippen LogP contribution < -0.4 is 10.2 Å². The normalized spacial score (nSPS) is 29.7. The number of nitrogens with one attached hydrogen (secondary N) is 2. The average Bonchev–Trinajstić information content (AvgIpc) is 3.64. The van der Waals surface area contributed by atoms with Gasteiger partial charge in [0.2, 0.25) is 11.8 Å². The number of aromatic nitrogens is 5. The number of piperidine rings is 1. The zero-order chi connectivity index (χ0) is 26.9. The number of likely N-dealkylation sites (N-methyl/N-ethyl adjacent to an activating group) is 1. The number of pyridine rings is 1. The molecule has 1 saturated carbocycles. The van der Waals surface area contributed by atoms with Crippen LogP contribution in [-0.2, 0) is 10.3 Å². The summed E-state index contributed by atoms with van der Waals surface area (Å²) < 4.78 is 25.9. The molecule has 10 heteroatoms. The molecule has 3 aliphatic rings. The highest BCUT2D eigenvalue weighted by Crippen LogP contribution is 2.59. The molecule has 5 heterocycles. The van der Waals surface area contributed by atoms with Crippen LogP contribution in [0, 0.1) is 25.6 Å². The van der Waals surface area contributed by atoms with Crippen molar-refractivity contribution in [2.75, 3.05) is 19.1 Å². The Morgan fingerprint density at radius 2 is 1.92 bits per heavy atom. The fourth-order valence-corrected chi connectivity index (χ4v) is 7.11. The van der Waals surface area contributed by atoms with Crippen molar-refractivity contribution in [3.63, 3.8) is 0 Å². The third-order valence-corrected chi connectivity index (χ3v) is 9.06. The Hall–Kier alpha value is -3.63. The largest absolute Gasteiger partial charge is 0.423 e. The van der Waals surface area contributed by atoms with E-state index in [2.05, 4.69) is 61.7 Å². The summed E-state index contributed by atoms with van der Waals surface area (Å²) in [6, 6.07) is 11.7. The van der Waals surface area contributed by atoms with Crippen molar-refractivity contribution < 1.29 is 13.5 Å². The molecule has 1 aromatic carbocycles. The molecule has 7 rings (SSSR count). The second kappa shape index (κ2) is 8.96. The van der Waals surface area contributed by atoms with Crippen LogP contribution in [0.4, 0.5) is 10.1 Å². The molecule has 3 aromatic heterocycles. The summed E-state index contributed by atoms with van der Waals surface area (Å²) in [7, 11) is 3.95. The Bertz CT molecular complexity index is 1530. The molecular weight excluding hydrogens is 497 g/mol. The first-order valence-electron chi connectivity index (χ1n) is 13.5. The third kappa shape index (κ3) is 3.65. The van der Waals surface area contributed by atoms with Crippen molar-refractivity contribution in [3.8, 4) is 11.4 Å². The van der Waals surface area contributed by atoms with Gasteiger partial charge in [0.15, 0.2) is 0 Å². The molecule has 4 unspecified atom stereocenters. The second-order valence-electron chi connectivity index (χ2n) is 11.1. The number of para-hydroxylation sites is 1. The number of halogens is 1. The van der Waals surface area contributed by atoms with Gasteiger partial charge in [-0.05, 0) is 55.9 Å². The SMILES string of the molecule is COC1CC(C2(c3nnc(C)o3)NC(c3ncc(-c4ccc(F)c(C)n4)[nH]3)CC3c4ccccc4N(C)C32)C1. The van der Waals surface area contributed by atoms with Gasteiger partial charge in [0.05, 0.1) is 41.5 Å². The van der Waals surface area contributed by atoms with E-state index in [1.807, 2.05) is 6.92 Å². The molecule has 4 aromatic rings. The van der Waals surface area contributed by atoms with Gasteiger partial charge in [-0.3, -0.25) is 5.32 Å². The summed E-state index contributed by atoms with van der Waals surface area (Å²) in [6.45, 7) is 3.50. The van der Waals surface area contributed by atoms with E-state index in [-0.39, 0.29) is 35.8 Å². The number of nitrogens with zero attached hydrogens (tertiary/aromatic N) is 5. The molecule has 0 amide bonds. The van der Waals surface area contributed by atoms with Crippen LogP contribution in [0.25, 0.3) is 11.4 Å². The third-order valence-electron chi connectivity index (χ3n) is 9.06. The fourth-order valence-electron chi connectivity index (χ4n) is 7.11. The number of aromatic amines is 1. The molecule has 1 saturated heterocycles. The van der Waals surface area contributed by atoms with Crippen molar-refractivity contribution in [3.05, 3.63) is 77.3 Å². The van der Waals surface area contributed by atoms with Crippen LogP contribution >= 0.6 is 0 Å². The van der Waals surface area contributed by atoms with E-state index in [4.69, 9.17) is 14.1 Å². The highest BCUT2D eigenvalue weighted by Gasteiger charge is 2.64. The number of rotatable bonds is 5. The minimum Gasteiger partial charge on any atom is -0.423 e. The van der Waals surface area contributed by atoms with Crippen LogP contribution in [-0.4, -0.2) is 51.5 Å². The van der Waals surface area contributed by atoms with E-state index < -0.39 is 5.54 Å². The second-order valence-corrected chi connectivity index (χ2v) is 11.1. The van der Waals surface area contributed by atoms with Gasteiger partial charge in [-0.1, -0.05) is 18.2 Å². The van der Waals surface area contributed by atoms with Gasteiger partial charge < -0.3 is 19.0 Å². The molecule has 39 heavy (non-hydrogen) atoms. The highest BCUT2D eigenvalue weighted by atomic mass is 19.1. The molecule has 0 spiro atoms. The van der Waals surface area contributed by atoms with Crippen molar-refractivity contribution >= 4 is 5.69 Å². The lowest BCUT2D eigenvalue weighted by Gasteiger charge is -2.56. The molecule has 202 valence electrons. The molecular formula is C29H32FN7O2. The van der Waals surface area contributed by atoms with Gasteiger partial charge in [-0.2, -0.15) is 0 Å².